The van der Waals surface area contributed by atoms with Crippen LogP contribution in [0, 0.1) is 0 Å². The van der Waals surface area contributed by atoms with Gasteiger partial charge in [-0.25, -0.2) is 8.72 Å². The lowest BCUT2D eigenvalue weighted by atomic mass is 10.1. The summed E-state index contributed by atoms with van der Waals surface area (Å²) in [7, 11) is 1.35. The molecule has 0 spiro atoms. The number of benzene rings is 1. The molecule has 0 saturated heterocycles. The Balaban J connectivity index is 2.56. The van der Waals surface area contributed by atoms with Gasteiger partial charge in [0, 0.05) is 0 Å². The third-order valence-corrected chi connectivity index (χ3v) is 3.25. The van der Waals surface area contributed by atoms with E-state index in [-0.39, 0.29) is 4.83 Å². The van der Waals surface area contributed by atoms with Gasteiger partial charge in [-0.2, -0.15) is 0 Å². The molecule has 15 heavy (non-hydrogen) atoms. The molecule has 1 aromatic carbocycles. The zero-order valence-electron chi connectivity index (χ0n) is 8.19. The van der Waals surface area contributed by atoms with E-state index in [4.69, 9.17) is 0 Å². The van der Waals surface area contributed by atoms with Gasteiger partial charge in [0.1, 0.15) is 0 Å². The Morgan fingerprint density at radius 2 is 2.07 bits per heavy atom. The second-order valence-corrected chi connectivity index (χ2v) is 4.85. The molecular formula is C10H11Br2NO2. The molecule has 0 aliphatic heterocycles. The number of alkyl halides is 1. The highest BCUT2D eigenvalue weighted by atomic mass is 79.9. The summed E-state index contributed by atoms with van der Waals surface area (Å²) in [5, 5.41) is 0. The molecule has 82 valence electrons. The first kappa shape index (κ1) is 12.5. The van der Waals surface area contributed by atoms with Gasteiger partial charge in [-0.15, -0.1) is 0 Å². The van der Waals surface area contributed by atoms with E-state index in [1.807, 2.05) is 30.3 Å². The molecule has 1 amide bonds. The van der Waals surface area contributed by atoms with Crippen LogP contribution in [-0.4, -0.2) is 23.7 Å². The molecule has 1 aromatic rings. The second kappa shape index (κ2) is 6.12. The van der Waals surface area contributed by atoms with Crippen LogP contribution in [0.2, 0.25) is 0 Å². The van der Waals surface area contributed by atoms with Crippen molar-refractivity contribution in [1.29, 1.82) is 0 Å². The summed E-state index contributed by atoms with van der Waals surface area (Å²) in [6.45, 7) is 0.497. The minimum absolute atomic E-state index is 0.0807. The van der Waals surface area contributed by atoms with Crippen molar-refractivity contribution in [1.82, 2.24) is 3.93 Å². The maximum absolute atomic E-state index is 11.1. The number of methoxy groups -OCH3 is 1. The SMILES string of the molecule is COC(=O)N(Br)CC(Br)c1ccccc1. The molecule has 0 aliphatic carbocycles. The summed E-state index contributed by atoms with van der Waals surface area (Å²) in [5.41, 5.74) is 1.12. The van der Waals surface area contributed by atoms with Gasteiger partial charge in [0.05, 0.1) is 34.6 Å². The number of hydrogen-bond donors (Lipinski definition) is 0. The molecule has 0 fully saturated rings. The molecule has 1 unspecified atom stereocenters. The molecule has 1 atom stereocenters. The highest BCUT2D eigenvalue weighted by molar-refractivity contribution is 9.09. The molecule has 0 radical (unpaired) electrons. The monoisotopic (exact) mass is 335 g/mol. The fraction of sp³-hybridized carbons (Fsp3) is 0.300. The first-order valence-electron chi connectivity index (χ1n) is 4.35. The minimum Gasteiger partial charge on any atom is -0.452 e. The first-order chi connectivity index (χ1) is 7.15. The van der Waals surface area contributed by atoms with Crippen LogP contribution in [0.1, 0.15) is 10.4 Å². The van der Waals surface area contributed by atoms with Gasteiger partial charge in [-0.05, 0) is 5.56 Å². The molecule has 5 heteroatoms. The number of hydrogen-bond acceptors (Lipinski definition) is 2. The van der Waals surface area contributed by atoms with Gasteiger partial charge in [0.25, 0.3) is 0 Å². The summed E-state index contributed by atoms with van der Waals surface area (Å²) in [5.74, 6) is 0. The number of carbonyl (C=O) groups is 1. The maximum Gasteiger partial charge on any atom is 0.419 e. The highest BCUT2D eigenvalue weighted by Crippen LogP contribution is 2.24. The van der Waals surface area contributed by atoms with E-state index >= 15 is 0 Å². The van der Waals surface area contributed by atoms with Crippen LogP contribution in [0.3, 0.4) is 0 Å². The van der Waals surface area contributed by atoms with E-state index in [2.05, 4.69) is 36.8 Å². The van der Waals surface area contributed by atoms with E-state index in [1.54, 1.807) is 0 Å². The van der Waals surface area contributed by atoms with Gasteiger partial charge in [0.15, 0.2) is 0 Å². The Hall–Kier alpha value is -0.550. The van der Waals surface area contributed by atoms with Crippen LogP contribution in [0.15, 0.2) is 30.3 Å². The normalized spacial score (nSPS) is 11.9. The molecule has 0 heterocycles. The van der Waals surface area contributed by atoms with Crippen molar-refractivity contribution in [3.63, 3.8) is 0 Å². The lowest BCUT2D eigenvalue weighted by Crippen LogP contribution is -2.24. The average molecular weight is 337 g/mol. The Labute approximate surface area is 106 Å². The molecule has 0 saturated carbocycles. The van der Waals surface area contributed by atoms with Gasteiger partial charge in [0.2, 0.25) is 0 Å². The quantitative estimate of drug-likeness (QED) is 0.624. The van der Waals surface area contributed by atoms with Crippen molar-refractivity contribution in [2.75, 3.05) is 13.7 Å². The smallest absolute Gasteiger partial charge is 0.419 e. The summed E-state index contributed by atoms with van der Waals surface area (Å²) in [6, 6.07) is 9.87. The topological polar surface area (TPSA) is 29.5 Å². The van der Waals surface area contributed by atoms with Gasteiger partial charge < -0.3 is 4.74 Å². The number of halogens is 2. The average Bonchev–Trinajstić information content (AvgIpc) is 2.29. The zero-order chi connectivity index (χ0) is 11.3. The van der Waals surface area contributed by atoms with Crippen LogP contribution in [0.5, 0.6) is 0 Å². The molecular weight excluding hydrogens is 326 g/mol. The van der Waals surface area contributed by atoms with Crippen LogP contribution < -0.4 is 0 Å². The summed E-state index contributed by atoms with van der Waals surface area (Å²) >= 11 is 6.63. The Morgan fingerprint density at radius 3 is 2.60 bits per heavy atom. The van der Waals surface area contributed by atoms with Crippen LogP contribution >= 0.6 is 32.1 Å². The van der Waals surface area contributed by atoms with Crippen molar-refractivity contribution in [3.8, 4) is 0 Å². The largest absolute Gasteiger partial charge is 0.452 e. The number of ether oxygens (including phenoxy) is 1. The van der Waals surface area contributed by atoms with E-state index in [0.29, 0.717) is 6.54 Å². The molecule has 0 bridgehead atoms. The highest BCUT2D eigenvalue weighted by Gasteiger charge is 2.16. The lowest BCUT2D eigenvalue weighted by Gasteiger charge is -2.17. The van der Waals surface area contributed by atoms with Crippen molar-refractivity contribution >= 4 is 38.2 Å². The summed E-state index contributed by atoms with van der Waals surface area (Å²) in [6.07, 6.45) is -0.407. The Kier molecular flexibility index (Phi) is 5.11. The molecule has 0 N–H and O–H groups in total. The van der Waals surface area contributed by atoms with Crippen molar-refractivity contribution < 1.29 is 9.53 Å². The molecule has 0 aromatic heterocycles. The number of nitrogens with zero attached hydrogens (tertiary/aromatic N) is 1. The Bertz CT molecular complexity index is 318. The third kappa shape index (κ3) is 3.83. The third-order valence-electron chi connectivity index (χ3n) is 1.85. The fourth-order valence-electron chi connectivity index (χ4n) is 1.08. The van der Waals surface area contributed by atoms with Crippen molar-refractivity contribution in [2.24, 2.45) is 0 Å². The Morgan fingerprint density at radius 1 is 1.47 bits per heavy atom. The van der Waals surface area contributed by atoms with Crippen LogP contribution in [0.4, 0.5) is 4.79 Å². The van der Waals surface area contributed by atoms with E-state index < -0.39 is 6.09 Å². The molecule has 0 aliphatic rings. The lowest BCUT2D eigenvalue weighted by molar-refractivity contribution is 0.154. The van der Waals surface area contributed by atoms with Crippen molar-refractivity contribution in [3.05, 3.63) is 35.9 Å². The van der Waals surface area contributed by atoms with Crippen molar-refractivity contribution in [2.45, 2.75) is 4.83 Å². The van der Waals surface area contributed by atoms with E-state index in [1.165, 1.54) is 11.0 Å². The zero-order valence-corrected chi connectivity index (χ0v) is 11.4. The van der Waals surface area contributed by atoms with E-state index in [9.17, 15) is 4.79 Å². The predicted octanol–water partition coefficient (Wildman–Crippen LogP) is 3.50. The van der Waals surface area contributed by atoms with Gasteiger partial charge in [-0.3, -0.25) is 0 Å². The second-order valence-electron chi connectivity index (χ2n) is 2.89. The first-order valence-corrected chi connectivity index (χ1v) is 5.98. The predicted molar refractivity (Wildman–Crippen MR) is 66.1 cm³/mol. The van der Waals surface area contributed by atoms with Gasteiger partial charge >= 0.3 is 6.09 Å². The molecule has 3 nitrogen and oxygen atoms in total. The number of rotatable bonds is 3. The fourth-order valence-corrected chi connectivity index (χ4v) is 2.50. The summed E-state index contributed by atoms with van der Waals surface area (Å²) < 4.78 is 5.91. The number of amides is 1. The van der Waals surface area contributed by atoms with E-state index in [0.717, 1.165) is 5.56 Å². The standard InChI is InChI=1S/C10H11Br2NO2/c1-15-10(14)13(12)7-9(11)8-5-3-2-4-6-8/h2-6,9H,7H2,1H3. The minimum atomic E-state index is -0.407. The molecule has 1 rings (SSSR count). The number of carbonyl (C=O) groups excluding carboxylic acids is 1. The van der Waals surface area contributed by atoms with Gasteiger partial charge in [-0.1, -0.05) is 46.3 Å². The van der Waals surface area contributed by atoms with Crippen LogP contribution in [-0.2, 0) is 4.74 Å². The van der Waals surface area contributed by atoms with Crippen LogP contribution in [0.25, 0.3) is 0 Å². The summed E-state index contributed by atoms with van der Waals surface area (Å²) in [4.78, 5) is 11.2. The maximum atomic E-state index is 11.1.